The highest BCUT2D eigenvalue weighted by molar-refractivity contribution is 5.45. The molecule has 0 bridgehead atoms. The van der Waals surface area contributed by atoms with Crippen molar-refractivity contribution in [1.29, 1.82) is 0 Å². The summed E-state index contributed by atoms with van der Waals surface area (Å²) in [6, 6.07) is 6.30. The number of rotatable bonds is 5. The number of ether oxygens (including phenoxy) is 2. The minimum atomic E-state index is 0.296. The highest BCUT2D eigenvalue weighted by Crippen LogP contribution is 2.35. The van der Waals surface area contributed by atoms with Crippen LogP contribution in [0.4, 0.5) is 0 Å². The summed E-state index contributed by atoms with van der Waals surface area (Å²) in [6.45, 7) is 7.26. The lowest BCUT2D eigenvalue weighted by atomic mass is 10.1. The maximum absolute atomic E-state index is 5.65. The number of hydrogen-bond acceptors (Lipinski definition) is 3. The van der Waals surface area contributed by atoms with Crippen molar-refractivity contribution in [2.75, 3.05) is 20.3 Å². The van der Waals surface area contributed by atoms with E-state index in [1.54, 1.807) is 0 Å². The fourth-order valence-electron chi connectivity index (χ4n) is 1.81. The first-order valence-corrected chi connectivity index (χ1v) is 5.98. The number of fused-ring (bicyclic) bond motifs is 1. The molecule has 3 nitrogen and oxygen atoms in total. The van der Waals surface area contributed by atoms with Gasteiger partial charge >= 0.3 is 0 Å². The third-order valence-corrected chi connectivity index (χ3v) is 3.06. The first-order chi connectivity index (χ1) is 8.24. The number of benzene rings is 1. The molecule has 2 rings (SSSR count). The maximum atomic E-state index is 5.65. The molecule has 17 heavy (non-hydrogen) atoms. The molecule has 3 heteroatoms. The average Bonchev–Trinajstić information content (AvgIpc) is 2.78. The fraction of sp³-hybridized carbons (Fsp3) is 0.429. The molecule has 0 saturated carbocycles. The van der Waals surface area contributed by atoms with Crippen molar-refractivity contribution in [2.45, 2.75) is 19.4 Å². The van der Waals surface area contributed by atoms with E-state index in [9.17, 15) is 0 Å². The van der Waals surface area contributed by atoms with Crippen molar-refractivity contribution in [3.05, 3.63) is 35.9 Å². The molecule has 1 aromatic carbocycles. The smallest absolute Gasteiger partial charge is 0.127 e. The standard InChI is InChI=1S/C14H19NO2/c1-4-10(2)8-16-11-5-6-12-13(15-3)9-17-14(12)7-11/h5-7,13,15H,2,4,8-9H2,1,3H3. The summed E-state index contributed by atoms with van der Waals surface area (Å²) in [5.41, 5.74) is 2.30. The Morgan fingerprint density at radius 2 is 2.41 bits per heavy atom. The van der Waals surface area contributed by atoms with Crippen molar-refractivity contribution in [3.8, 4) is 11.5 Å². The molecule has 1 N–H and O–H groups in total. The van der Waals surface area contributed by atoms with Gasteiger partial charge in [0.15, 0.2) is 0 Å². The van der Waals surface area contributed by atoms with E-state index in [0.717, 1.165) is 23.5 Å². The minimum absolute atomic E-state index is 0.296. The predicted octanol–water partition coefficient (Wildman–Crippen LogP) is 2.68. The van der Waals surface area contributed by atoms with Gasteiger partial charge in [-0.1, -0.05) is 13.5 Å². The second-order valence-electron chi connectivity index (χ2n) is 4.24. The largest absolute Gasteiger partial charge is 0.491 e. The second kappa shape index (κ2) is 5.23. The van der Waals surface area contributed by atoms with Crippen LogP contribution in [-0.4, -0.2) is 20.3 Å². The Labute approximate surface area is 102 Å². The first kappa shape index (κ1) is 12.0. The van der Waals surface area contributed by atoms with Crippen LogP contribution in [0.1, 0.15) is 24.9 Å². The Hall–Kier alpha value is -1.48. The lowest BCUT2D eigenvalue weighted by Gasteiger charge is -2.09. The van der Waals surface area contributed by atoms with Gasteiger partial charge in [0.05, 0.1) is 6.04 Å². The van der Waals surface area contributed by atoms with Crippen LogP contribution in [0.5, 0.6) is 11.5 Å². The number of nitrogens with one attached hydrogen (secondary N) is 1. The summed E-state index contributed by atoms with van der Waals surface area (Å²) in [7, 11) is 1.94. The Bertz CT molecular complexity index is 415. The molecule has 0 spiro atoms. The van der Waals surface area contributed by atoms with Crippen LogP contribution in [0.15, 0.2) is 30.4 Å². The van der Waals surface area contributed by atoms with Crippen LogP contribution in [0.2, 0.25) is 0 Å². The van der Waals surface area contributed by atoms with Gasteiger partial charge < -0.3 is 14.8 Å². The van der Waals surface area contributed by atoms with E-state index in [1.165, 1.54) is 5.56 Å². The van der Waals surface area contributed by atoms with Crippen molar-refractivity contribution >= 4 is 0 Å². The fourth-order valence-corrected chi connectivity index (χ4v) is 1.81. The molecular formula is C14H19NO2. The number of hydrogen-bond donors (Lipinski definition) is 1. The van der Waals surface area contributed by atoms with Crippen LogP contribution in [-0.2, 0) is 0 Å². The van der Waals surface area contributed by atoms with E-state index >= 15 is 0 Å². The summed E-state index contributed by atoms with van der Waals surface area (Å²) < 4.78 is 11.3. The Kier molecular flexibility index (Phi) is 3.69. The molecule has 1 aliphatic heterocycles. The predicted molar refractivity (Wildman–Crippen MR) is 68.7 cm³/mol. The van der Waals surface area contributed by atoms with Crippen molar-refractivity contribution in [1.82, 2.24) is 5.32 Å². The zero-order valence-electron chi connectivity index (χ0n) is 10.5. The summed E-state index contributed by atoms with van der Waals surface area (Å²) in [6.07, 6.45) is 0.948. The molecule has 0 radical (unpaired) electrons. The maximum Gasteiger partial charge on any atom is 0.127 e. The average molecular weight is 233 g/mol. The van der Waals surface area contributed by atoms with Crippen LogP contribution < -0.4 is 14.8 Å². The zero-order chi connectivity index (χ0) is 12.3. The van der Waals surface area contributed by atoms with Crippen LogP contribution >= 0.6 is 0 Å². The topological polar surface area (TPSA) is 30.5 Å². The molecule has 0 amide bonds. The highest BCUT2D eigenvalue weighted by atomic mass is 16.5. The van der Waals surface area contributed by atoms with Crippen molar-refractivity contribution < 1.29 is 9.47 Å². The highest BCUT2D eigenvalue weighted by Gasteiger charge is 2.22. The van der Waals surface area contributed by atoms with Gasteiger partial charge in [0, 0.05) is 11.6 Å². The molecule has 1 aromatic rings. The Morgan fingerprint density at radius 1 is 1.59 bits per heavy atom. The molecule has 0 aliphatic carbocycles. The minimum Gasteiger partial charge on any atom is -0.491 e. The van der Waals surface area contributed by atoms with Gasteiger partial charge in [0.25, 0.3) is 0 Å². The van der Waals surface area contributed by atoms with Gasteiger partial charge in [0.2, 0.25) is 0 Å². The van der Waals surface area contributed by atoms with E-state index in [1.807, 2.05) is 19.2 Å². The van der Waals surface area contributed by atoms with E-state index in [2.05, 4.69) is 24.9 Å². The summed E-state index contributed by atoms with van der Waals surface area (Å²) in [4.78, 5) is 0. The van der Waals surface area contributed by atoms with Gasteiger partial charge in [-0.2, -0.15) is 0 Å². The zero-order valence-corrected chi connectivity index (χ0v) is 10.5. The van der Waals surface area contributed by atoms with Gasteiger partial charge in [-0.05, 0) is 31.2 Å². The lowest BCUT2D eigenvalue weighted by molar-refractivity contribution is 0.314. The van der Waals surface area contributed by atoms with Gasteiger partial charge in [0.1, 0.15) is 24.7 Å². The molecule has 0 saturated heterocycles. The van der Waals surface area contributed by atoms with Crippen molar-refractivity contribution in [2.24, 2.45) is 0 Å². The van der Waals surface area contributed by atoms with Crippen LogP contribution in [0.25, 0.3) is 0 Å². The van der Waals surface area contributed by atoms with E-state index in [4.69, 9.17) is 9.47 Å². The molecule has 1 atom stereocenters. The molecule has 1 unspecified atom stereocenters. The summed E-state index contributed by atoms with van der Waals surface area (Å²) >= 11 is 0. The second-order valence-corrected chi connectivity index (χ2v) is 4.24. The van der Waals surface area contributed by atoms with Gasteiger partial charge in [-0.15, -0.1) is 0 Å². The normalized spacial score (nSPS) is 17.4. The molecule has 92 valence electrons. The van der Waals surface area contributed by atoms with Gasteiger partial charge in [-0.25, -0.2) is 0 Å². The van der Waals surface area contributed by atoms with Crippen LogP contribution in [0, 0.1) is 0 Å². The first-order valence-electron chi connectivity index (χ1n) is 5.98. The number of likely N-dealkylation sites (N-methyl/N-ethyl adjacent to an activating group) is 1. The van der Waals surface area contributed by atoms with Gasteiger partial charge in [-0.3, -0.25) is 0 Å². The Morgan fingerprint density at radius 3 is 3.12 bits per heavy atom. The lowest BCUT2D eigenvalue weighted by Crippen LogP contribution is -2.17. The summed E-state index contributed by atoms with van der Waals surface area (Å²) in [5.74, 6) is 1.76. The van der Waals surface area contributed by atoms with Crippen LogP contribution in [0.3, 0.4) is 0 Å². The molecular weight excluding hydrogens is 214 g/mol. The molecule has 1 heterocycles. The molecule has 1 aliphatic rings. The molecule has 0 fully saturated rings. The monoisotopic (exact) mass is 233 g/mol. The SMILES string of the molecule is C=C(CC)COc1ccc2c(c1)OCC2NC. The van der Waals surface area contributed by atoms with Crippen molar-refractivity contribution in [3.63, 3.8) is 0 Å². The Balaban J connectivity index is 2.05. The van der Waals surface area contributed by atoms with E-state index in [0.29, 0.717) is 19.3 Å². The summed E-state index contributed by atoms with van der Waals surface area (Å²) in [5, 5.41) is 3.22. The van der Waals surface area contributed by atoms with E-state index < -0.39 is 0 Å². The molecule has 0 aromatic heterocycles. The van der Waals surface area contributed by atoms with E-state index in [-0.39, 0.29) is 0 Å². The quantitative estimate of drug-likeness (QED) is 0.793. The third kappa shape index (κ3) is 2.61. The third-order valence-electron chi connectivity index (χ3n) is 3.06.